The number of carbonyl (C=O) groups is 2. The van der Waals surface area contributed by atoms with Gasteiger partial charge in [-0.3, -0.25) is 9.59 Å². The van der Waals surface area contributed by atoms with Crippen LogP contribution in [0, 0.1) is 5.41 Å². The summed E-state index contributed by atoms with van der Waals surface area (Å²) in [6.07, 6.45) is 2.86. The van der Waals surface area contributed by atoms with E-state index < -0.39 is 5.41 Å². The summed E-state index contributed by atoms with van der Waals surface area (Å²) in [6, 6.07) is -0.334. The molecule has 0 saturated heterocycles. The van der Waals surface area contributed by atoms with Gasteiger partial charge in [0.05, 0.1) is 6.04 Å². The highest BCUT2D eigenvalue weighted by atomic mass is 16.2. The Kier molecular flexibility index (Phi) is 2.34. The van der Waals surface area contributed by atoms with E-state index in [1.807, 2.05) is 6.92 Å². The molecule has 5 nitrogen and oxygen atoms in total. The highest BCUT2D eigenvalue weighted by molar-refractivity contribution is 6.21. The van der Waals surface area contributed by atoms with Gasteiger partial charge < -0.3 is 11.1 Å². The molecular weight excluding hydrogens is 194 g/mol. The van der Waals surface area contributed by atoms with E-state index in [-0.39, 0.29) is 17.9 Å². The quantitative estimate of drug-likeness (QED) is 0.639. The lowest BCUT2D eigenvalue weighted by Gasteiger charge is -2.22. The third-order valence-electron chi connectivity index (χ3n) is 3.01. The summed E-state index contributed by atoms with van der Waals surface area (Å²) in [5.74, 6) is -0.193. The van der Waals surface area contributed by atoms with Crippen LogP contribution in [0.1, 0.15) is 32.6 Å². The molecule has 1 saturated carbocycles. The van der Waals surface area contributed by atoms with Crippen LogP contribution in [0.2, 0.25) is 0 Å². The molecule has 0 bridgehead atoms. The molecule has 15 heavy (non-hydrogen) atoms. The van der Waals surface area contributed by atoms with E-state index >= 15 is 0 Å². The smallest absolute Gasteiger partial charge is 0.263 e. The van der Waals surface area contributed by atoms with Gasteiger partial charge in [-0.1, -0.05) is 13.3 Å². The highest BCUT2D eigenvalue weighted by Gasteiger charge is 2.58. The third kappa shape index (κ3) is 1.56. The lowest BCUT2D eigenvalue weighted by molar-refractivity contribution is -0.135. The second-order valence-corrected chi connectivity index (χ2v) is 4.23. The highest BCUT2D eigenvalue weighted by Crippen LogP contribution is 2.48. The van der Waals surface area contributed by atoms with Crippen LogP contribution < -0.4 is 11.1 Å². The first kappa shape index (κ1) is 10.3. The van der Waals surface area contributed by atoms with Crippen LogP contribution in [-0.2, 0) is 9.59 Å². The molecule has 0 radical (unpaired) electrons. The van der Waals surface area contributed by atoms with Crippen molar-refractivity contribution >= 4 is 17.6 Å². The Morgan fingerprint density at radius 3 is 2.67 bits per heavy atom. The van der Waals surface area contributed by atoms with E-state index in [1.54, 1.807) is 0 Å². The van der Waals surface area contributed by atoms with Gasteiger partial charge in [-0.05, 0) is 19.3 Å². The fraction of sp³-hybridized carbons (Fsp3) is 0.700. The molecule has 0 aromatic heterocycles. The number of aliphatic imine (C=N–C) groups is 1. The molecule has 1 unspecified atom stereocenters. The predicted octanol–water partition coefficient (Wildman–Crippen LogP) is -0.0511. The van der Waals surface area contributed by atoms with Crippen LogP contribution in [0.4, 0.5) is 0 Å². The minimum absolute atomic E-state index is 0.218. The van der Waals surface area contributed by atoms with Crippen molar-refractivity contribution < 1.29 is 9.59 Å². The van der Waals surface area contributed by atoms with Gasteiger partial charge in [0, 0.05) is 0 Å². The van der Waals surface area contributed by atoms with Crippen LogP contribution in [-0.4, -0.2) is 23.7 Å². The van der Waals surface area contributed by atoms with Crippen LogP contribution >= 0.6 is 0 Å². The zero-order chi connectivity index (χ0) is 11.1. The average molecular weight is 209 g/mol. The molecule has 1 fully saturated rings. The molecule has 1 spiro atoms. The number of nitrogens with one attached hydrogen (secondary N) is 1. The number of nitrogens with zero attached hydrogens (tertiary/aromatic N) is 1. The van der Waals surface area contributed by atoms with E-state index in [0.29, 0.717) is 18.7 Å². The Morgan fingerprint density at radius 2 is 2.20 bits per heavy atom. The Labute approximate surface area is 88.1 Å². The molecule has 5 heteroatoms. The zero-order valence-corrected chi connectivity index (χ0v) is 8.75. The van der Waals surface area contributed by atoms with E-state index in [1.165, 1.54) is 0 Å². The number of carbonyl (C=O) groups excluding carboxylic acids is 2. The van der Waals surface area contributed by atoms with Crippen molar-refractivity contribution in [1.82, 2.24) is 5.32 Å². The van der Waals surface area contributed by atoms with Crippen molar-refractivity contribution in [3.8, 4) is 0 Å². The molecule has 2 amide bonds. The molecule has 82 valence electrons. The Balaban J connectivity index is 2.16. The topological polar surface area (TPSA) is 84.5 Å². The Hall–Kier alpha value is -1.23. The molecule has 0 aromatic rings. The van der Waals surface area contributed by atoms with Crippen LogP contribution in [0.3, 0.4) is 0 Å². The SMILES string of the molecule is CCCC(N)C1=NC(=O)C2(CC2)C(=O)N1. The van der Waals surface area contributed by atoms with Gasteiger partial charge in [0.2, 0.25) is 5.91 Å². The van der Waals surface area contributed by atoms with Crippen molar-refractivity contribution in [3.63, 3.8) is 0 Å². The lowest BCUT2D eigenvalue weighted by Crippen LogP contribution is -2.52. The first-order chi connectivity index (χ1) is 7.10. The average Bonchev–Trinajstić information content (AvgIpc) is 2.95. The summed E-state index contributed by atoms with van der Waals surface area (Å²) >= 11 is 0. The van der Waals surface area contributed by atoms with Crippen LogP contribution in [0.5, 0.6) is 0 Å². The molecule has 3 N–H and O–H groups in total. The fourth-order valence-electron chi connectivity index (χ4n) is 1.77. The standard InChI is InChI=1S/C10H15N3O2/c1-2-3-6(11)7-12-8(14)10(4-5-10)9(15)13-7/h6H,2-5,11H2,1H3,(H,12,13,14,15). The number of hydrogen-bond donors (Lipinski definition) is 2. The van der Waals surface area contributed by atoms with Gasteiger partial charge >= 0.3 is 0 Å². The summed E-state index contributed by atoms with van der Waals surface area (Å²) in [5, 5.41) is 2.65. The largest absolute Gasteiger partial charge is 0.321 e. The van der Waals surface area contributed by atoms with Crippen molar-refractivity contribution in [1.29, 1.82) is 0 Å². The van der Waals surface area contributed by atoms with Gasteiger partial charge in [0.25, 0.3) is 5.91 Å². The maximum Gasteiger partial charge on any atom is 0.263 e. The second-order valence-electron chi connectivity index (χ2n) is 4.23. The van der Waals surface area contributed by atoms with E-state index in [9.17, 15) is 9.59 Å². The number of amidine groups is 1. The summed E-state index contributed by atoms with van der Waals surface area (Å²) in [4.78, 5) is 27.1. The Morgan fingerprint density at radius 1 is 1.53 bits per heavy atom. The molecule has 0 aromatic carbocycles. The van der Waals surface area contributed by atoms with Gasteiger partial charge in [0.1, 0.15) is 11.3 Å². The van der Waals surface area contributed by atoms with Crippen molar-refractivity contribution in [3.05, 3.63) is 0 Å². The lowest BCUT2D eigenvalue weighted by atomic mass is 10.0. The van der Waals surface area contributed by atoms with E-state index in [0.717, 1.165) is 12.8 Å². The number of rotatable bonds is 3. The Bertz CT molecular complexity index is 345. The maximum absolute atomic E-state index is 11.6. The third-order valence-corrected chi connectivity index (χ3v) is 3.01. The molecule has 1 atom stereocenters. The van der Waals surface area contributed by atoms with Crippen molar-refractivity contribution in [2.45, 2.75) is 38.6 Å². The summed E-state index contributed by atoms with van der Waals surface area (Å²) in [7, 11) is 0. The normalized spacial score (nSPS) is 24.8. The first-order valence-electron chi connectivity index (χ1n) is 5.30. The van der Waals surface area contributed by atoms with Gasteiger partial charge in [-0.2, -0.15) is 4.99 Å². The molecule has 1 heterocycles. The predicted molar refractivity (Wildman–Crippen MR) is 55.1 cm³/mol. The molecule has 2 rings (SSSR count). The second kappa shape index (κ2) is 3.41. The van der Waals surface area contributed by atoms with Crippen LogP contribution in [0.15, 0.2) is 4.99 Å². The van der Waals surface area contributed by atoms with E-state index in [2.05, 4.69) is 10.3 Å². The first-order valence-corrected chi connectivity index (χ1v) is 5.30. The monoisotopic (exact) mass is 209 g/mol. The summed E-state index contributed by atoms with van der Waals surface area (Å²) in [6.45, 7) is 2.00. The van der Waals surface area contributed by atoms with Crippen molar-refractivity contribution in [2.75, 3.05) is 0 Å². The van der Waals surface area contributed by atoms with E-state index in [4.69, 9.17) is 5.73 Å². The van der Waals surface area contributed by atoms with Gasteiger partial charge in [0.15, 0.2) is 0 Å². The molecule has 1 aliphatic heterocycles. The number of amides is 2. The maximum atomic E-state index is 11.6. The summed E-state index contributed by atoms with van der Waals surface area (Å²) in [5.41, 5.74) is 4.97. The number of nitrogens with two attached hydrogens (primary N) is 1. The number of hydrogen-bond acceptors (Lipinski definition) is 3. The molecule has 2 aliphatic rings. The van der Waals surface area contributed by atoms with Gasteiger partial charge in [-0.25, -0.2) is 0 Å². The van der Waals surface area contributed by atoms with Crippen molar-refractivity contribution in [2.24, 2.45) is 16.1 Å². The zero-order valence-electron chi connectivity index (χ0n) is 8.75. The van der Waals surface area contributed by atoms with Crippen LogP contribution in [0.25, 0.3) is 0 Å². The minimum Gasteiger partial charge on any atom is -0.321 e. The molecular formula is C10H15N3O2. The minimum atomic E-state index is -0.824. The fourth-order valence-corrected chi connectivity index (χ4v) is 1.77. The van der Waals surface area contributed by atoms with Gasteiger partial charge in [-0.15, -0.1) is 0 Å². The molecule has 1 aliphatic carbocycles. The summed E-state index contributed by atoms with van der Waals surface area (Å²) < 4.78 is 0.